The van der Waals surface area contributed by atoms with Gasteiger partial charge >= 0.3 is 5.97 Å². The van der Waals surface area contributed by atoms with Gasteiger partial charge in [0, 0.05) is 13.1 Å². The van der Waals surface area contributed by atoms with Gasteiger partial charge in [0.05, 0.1) is 0 Å². The van der Waals surface area contributed by atoms with E-state index in [9.17, 15) is 4.79 Å². The molecule has 0 spiro atoms. The van der Waals surface area contributed by atoms with Gasteiger partial charge in [-0.25, -0.2) is 4.79 Å². The molecule has 4 aromatic rings. The minimum atomic E-state index is -0.455. The van der Waals surface area contributed by atoms with Crippen LogP contribution in [0.25, 0.3) is 11.0 Å². The van der Waals surface area contributed by atoms with Crippen molar-refractivity contribution in [3.8, 4) is 0 Å². The maximum absolute atomic E-state index is 13.4. The van der Waals surface area contributed by atoms with Crippen LogP contribution in [0.3, 0.4) is 0 Å². The van der Waals surface area contributed by atoms with Crippen LogP contribution in [0.4, 0.5) is 0 Å². The van der Waals surface area contributed by atoms with Crippen molar-refractivity contribution in [3.63, 3.8) is 0 Å². The molecule has 1 aromatic heterocycles. The van der Waals surface area contributed by atoms with E-state index in [1.165, 1.54) is 4.85 Å². The Kier molecular flexibility index (Phi) is 6.38. The molecule has 0 bridgehead atoms. The van der Waals surface area contributed by atoms with Gasteiger partial charge in [0.25, 0.3) is 0 Å². The zero-order chi connectivity index (χ0) is 21.6. The molecule has 158 valence electrons. The Morgan fingerprint density at radius 1 is 0.871 bits per heavy atom. The van der Waals surface area contributed by atoms with Gasteiger partial charge in [0.15, 0.2) is 0 Å². The summed E-state index contributed by atoms with van der Waals surface area (Å²) in [5, 5.41) is 8.09. The van der Waals surface area contributed by atoms with Crippen LogP contribution < -0.4 is 4.84 Å². The van der Waals surface area contributed by atoms with E-state index >= 15 is 0 Å². The van der Waals surface area contributed by atoms with E-state index in [-0.39, 0.29) is 11.9 Å². The van der Waals surface area contributed by atoms with Crippen LogP contribution in [0, 0.1) is 5.92 Å². The number of aromatic nitrogens is 3. The number of hydrogen-bond donors (Lipinski definition) is 0. The highest BCUT2D eigenvalue weighted by Gasteiger charge is 2.32. The molecular weight excluding hydrogens is 388 g/mol. The molecule has 0 aliphatic carbocycles. The van der Waals surface area contributed by atoms with Crippen molar-refractivity contribution in [2.24, 2.45) is 5.92 Å². The molecule has 0 fully saturated rings. The monoisotopic (exact) mass is 414 g/mol. The summed E-state index contributed by atoms with van der Waals surface area (Å²) in [6.45, 7) is 5.33. The van der Waals surface area contributed by atoms with E-state index in [4.69, 9.17) is 4.84 Å². The predicted octanol–water partition coefficient (Wildman–Crippen LogP) is 4.11. The zero-order valence-electron chi connectivity index (χ0n) is 17.8. The highest BCUT2D eigenvalue weighted by atomic mass is 16.7. The number of hydrogen-bond acceptors (Lipinski definition) is 5. The molecule has 4 rings (SSSR count). The van der Waals surface area contributed by atoms with E-state index in [0.29, 0.717) is 24.1 Å². The molecule has 1 heterocycles. The number of nitrogens with zero attached hydrogens (tertiary/aromatic N) is 4. The van der Waals surface area contributed by atoms with E-state index < -0.39 is 6.04 Å². The SMILES string of the molecule is CC(C)[C@@H](C(=O)On1nnc2ccccc21)N(Cc1ccccc1)Cc1ccccc1. The summed E-state index contributed by atoms with van der Waals surface area (Å²) in [6.07, 6.45) is 0. The van der Waals surface area contributed by atoms with Gasteiger partial charge in [-0.2, -0.15) is 0 Å². The van der Waals surface area contributed by atoms with Crippen molar-refractivity contribution in [1.29, 1.82) is 0 Å². The quantitative estimate of drug-likeness (QED) is 0.406. The molecule has 0 amide bonds. The molecule has 1 atom stereocenters. The summed E-state index contributed by atoms with van der Waals surface area (Å²) >= 11 is 0. The van der Waals surface area contributed by atoms with E-state index in [1.807, 2.05) is 74.5 Å². The first-order valence-electron chi connectivity index (χ1n) is 10.5. The summed E-state index contributed by atoms with van der Waals surface area (Å²) in [4.78, 5) is 22.5. The molecular formula is C25H26N4O2. The second-order valence-corrected chi connectivity index (χ2v) is 7.93. The molecule has 3 aromatic carbocycles. The standard InChI is InChI=1S/C25H26N4O2/c1-19(2)24(25(30)31-29-23-16-10-9-15-22(23)26-27-29)28(17-20-11-5-3-6-12-20)18-21-13-7-4-8-14-21/h3-16,19,24H,17-18H2,1-2H3/t24-/m0/s1. The van der Waals surface area contributed by atoms with E-state index in [2.05, 4.69) is 39.5 Å². The normalized spacial score (nSPS) is 12.4. The van der Waals surface area contributed by atoms with Crippen molar-refractivity contribution in [1.82, 2.24) is 20.1 Å². The Hall–Kier alpha value is -3.51. The molecule has 31 heavy (non-hydrogen) atoms. The highest BCUT2D eigenvalue weighted by molar-refractivity contribution is 5.78. The maximum Gasteiger partial charge on any atom is 0.352 e. The van der Waals surface area contributed by atoms with E-state index in [0.717, 1.165) is 11.1 Å². The van der Waals surface area contributed by atoms with Crippen LogP contribution in [-0.2, 0) is 17.9 Å². The fourth-order valence-corrected chi connectivity index (χ4v) is 3.79. The number of rotatable bonds is 8. The molecule has 6 heteroatoms. The van der Waals surface area contributed by atoms with Gasteiger partial charge < -0.3 is 4.84 Å². The van der Waals surface area contributed by atoms with Gasteiger partial charge in [0.2, 0.25) is 0 Å². The number of carbonyl (C=O) groups is 1. The fraction of sp³-hybridized carbons (Fsp3) is 0.240. The van der Waals surface area contributed by atoms with Crippen molar-refractivity contribution in [2.45, 2.75) is 33.0 Å². The average molecular weight is 415 g/mol. The summed E-state index contributed by atoms with van der Waals surface area (Å²) in [5.41, 5.74) is 3.63. The van der Waals surface area contributed by atoms with Crippen LogP contribution in [0.1, 0.15) is 25.0 Å². The lowest BCUT2D eigenvalue weighted by atomic mass is 10.0. The van der Waals surface area contributed by atoms with Crippen LogP contribution in [-0.4, -0.2) is 32.1 Å². The maximum atomic E-state index is 13.4. The predicted molar refractivity (Wildman–Crippen MR) is 120 cm³/mol. The Morgan fingerprint density at radius 2 is 1.42 bits per heavy atom. The zero-order valence-corrected chi connectivity index (χ0v) is 17.8. The summed E-state index contributed by atoms with van der Waals surface area (Å²) in [7, 11) is 0. The second kappa shape index (κ2) is 9.53. The molecule has 0 saturated heterocycles. The summed E-state index contributed by atoms with van der Waals surface area (Å²) in [6, 6.07) is 27.3. The van der Waals surface area contributed by atoms with Gasteiger partial charge in [-0.1, -0.05) is 91.5 Å². The van der Waals surface area contributed by atoms with Crippen molar-refractivity contribution >= 4 is 17.0 Å². The molecule has 0 unspecified atom stereocenters. The molecule has 0 N–H and O–H groups in total. The van der Waals surface area contributed by atoms with Crippen molar-refractivity contribution < 1.29 is 9.63 Å². The summed E-state index contributed by atoms with van der Waals surface area (Å²) < 4.78 is 0. The van der Waals surface area contributed by atoms with Gasteiger partial charge in [-0.05, 0) is 34.4 Å². The van der Waals surface area contributed by atoms with Gasteiger partial charge in [-0.15, -0.1) is 5.10 Å². The van der Waals surface area contributed by atoms with Crippen LogP contribution in [0.5, 0.6) is 0 Å². The number of carbonyl (C=O) groups excluding carboxylic acids is 1. The largest absolute Gasteiger partial charge is 0.352 e. The highest BCUT2D eigenvalue weighted by Crippen LogP contribution is 2.20. The first kappa shape index (κ1) is 20.8. The number of para-hydroxylation sites is 1. The van der Waals surface area contributed by atoms with Crippen molar-refractivity contribution in [3.05, 3.63) is 96.1 Å². The first-order valence-corrected chi connectivity index (χ1v) is 10.5. The lowest BCUT2D eigenvalue weighted by Crippen LogP contribution is -2.47. The molecule has 0 aliphatic rings. The molecule has 0 saturated carbocycles. The van der Waals surface area contributed by atoms with E-state index in [1.54, 1.807) is 0 Å². The van der Waals surface area contributed by atoms with Crippen LogP contribution in [0.15, 0.2) is 84.9 Å². The molecule has 6 nitrogen and oxygen atoms in total. The topological polar surface area (TPSA) is 60.3 Å². The second-order valence-electron chi connectivity index (χ2n) is 7.93. The fourth-order valence-electron chi connectivity index (χ4n) is 3.79. The van der Waals surface area contributed by atoms with Gasteiger partial charge in [-0.3, -0.25) is 4.90 Å². The Balaban J connectivity index is 1.62. The number of benzene rings is 3. The lowest BCUT2D eigenvalue weighted by Gasteiger charge is -2.32. The smallest absolute Gasteiger partial charge is 0.315 e. The third-order valence-corrected chi connectivity index (χ3v) is 5.22. The minimum Gasteiger partial charge on any atom is -0.315 e. The van der Waals surface area contributed by atoms with Crippen molar-refractivity contribution in [2.75, 3.05) is 0 Å². The minimum absolute atomic E-state index is 0.0368. The molecule has 0 aliphatic heterocycles. The number of fused-ring (bicyclic) bond motifs is 1. The lowest BCUT2D eigenvalue weighted by molar-refractivity contribution is -0.154. The van der Waals surface area contributed by atoms with Crippen LogP contribution in [0.2, 0.25) is 0 Å². The van der Waals surface area contributed by atoms with Gasteiger partial charge in [0.1, 0.15) is 17.1 Å². The third-order valence-electron chi connectivity index (χ3n) is 5.22. The van der Waals surface area contributed by atoms with Crippen LogP contribution >= 0.6 is 0 Å². The first-order chi connectivity index (χ1) is 15.1. The Bertz CT molecular complexity index is 1080. The Morgan fingerprint density at radius 3 is 2.00 bits per heavy atom. The third kappa shape index (κ3) is 4.98. The Labute approximate surface area is 182 Å². The average Bonchev–Trinajstić information content (AvgIpc) is 3.18. The summed E-state index contributed by atoms with van der Waals surface area (Å²) in [5.74, 6) is -0.313. The molecule has 0 radical (unpaired) electrons.